The molecule has 0 radical (unpaired) electrons. The summed E-state index contributed by atoms with van der Waals surface area (Å²) < 4.78 is 2.05. The molecule has 3 saturated carbocycles. The Hall–Kier alpha value is -0.780. The lowest BCUT2D eigenvalue weighted by molar-refractivity contribution is -0.113. The van der Waals surface area contributed by atoms with Crippen molar-refractivity contribution >= 4 is 11.8 Å². The predicted octanol–water partition coefficient (Wildman–Crippen LogP) is 4.57. The van der Waals surface area contributed by atoms with Crippen LogP contribution in [-0.4, -0.2) is 37.2 Å². The maximum Gasteiger partial charge on any atom is 0.167 e. The molecule has 1 aromatic heterocycles. The molecule has 160 valence electrons. The van der Waals surface area contributed by atoms with E-state index < -0.39 is 5.60 Å². The van der Waals surface area contributed by atoms with Gasteiger partial charge in [-0.15, -0.1) is 0 Å². The lowest BCUT2D eigenvalue weighted by atomic mass is 9.47. The Morgan fingerprint density at radius 1 is 1.17 bits per heavy atom. The summed E-state index contributed by atoms with van der Waals surface area (Å²) in [5.41, 5.74) is 1.20. The van der Waals surface area contributed by atoms with E-state index in [-0.39, 0.29) is 16.9 Å². The van der Waals surface area contributed by atoms with Crippen LogP contribution in [0.1, 0.15) is 65.2 Å². The highest BCUT2D eigenvalue weighted by Gasteiger charge is 2.63. The Bertz CT molecular complexity index is 822. The molecule has 4 aliphatic rings. The van der Waals surface area contributed by atoms with Crippen molar-refractivity contribution in [1.29, 1.82) is 0 Å². The van der Waals surface area contributed by atoms with E-state index in [0.717, 1.165) is 61.8 Å². The minimum Gasteiger partial charge on any atom is -0.393 e. The van der Waals surface area contributed by atoms with Gasteiger partial charge in [-0.25, -0.2) is 4.98 Å². The van der Waals surface area contributed by atoms with E-state index in [4.69, 9.17) is 0 Å². The molecule has 0 unspecified atom stereocenters. The van der Waals surface area contributed by atoms with Crippen LogP contribution in [0.3, 0.4) is 0 Å². The molecular weight excluding hydrogens is 380 g/mol. The number of aryl methyl sites for hydroxylation is 1. The van der Waals surface area contributed by atoms with E-state index in [1.165, 1.54) is 12.0 Å². The van der Waals surface area contributed by atoms with Gasteiger partial charge >= 0.3 is 0 Å². The highest BCUT2D eigenvalue weighted by molar-refractivity contribution is 7.99. The van der Waals surface area contributed by atoms with E-state index in [0.29, 0.717) is 11.8 Å². The summed E-state index contributed by atoms with van der Waals surface area (Å²) in [7, 11) is 2.03. The van der Waals surface area contributed by atoms with Gasteiger partial charge in [0.15, 0.2) is 5.16 Å². The molecule has 4 nitrogen and oxygen atoms in total. The van der Waals surface area contributed by atoms with Crippen LogP contribution in [0.25, 0.3) is 0 Å². The number of fused-ring (bicyclic) bond motifs is 5. The third-order valence-corrected chi connectivity index (χ3v) is 10.9. The standard InChI is InChI=1S/C24H36N2O2S/c1-22-9-6-17(27)14-16(22)4-5-18-19(22)7-10-23(2)20(18)8-11-24(23,28)15-29-21-25-12-13-26(21)3/h4,12-13,17-20,27-28H,5-11,14-15H2,1-3H3/t17-,18+,19+,20+,22-,23-,24+/m0/s1. The van der Waals surface area contributed by atoms with Gasteiger partial charge in [0.25, 0.3) is 0 Å². The summed E-state index contributed by atoms with van der Waals surface area (Å²) in [6.07, 6.45) is 14.7. The Balaban J connectivity index is 1.39. The van der Waals surface area contributed by atoms with E-state index in [2.05, 4.69) is 24.9 Å². The number of hydrogen-bond donors (Lipinski definition) is 2. The van der Waals surface area contributed by atoms with E-state index in [9.17, 15) is 10.2 Å². The first-order valence-corrected chi connectivity index (χ1v) is 12.5. The molecule has 5 rings (SSSR count). The van der Waals surface area contributed by atoms with Crippen LogP contribution in [0.5, 0.6) is 0 Å². The SMILES string of the molecule is Cn1ccnc1SC[C@]1(O)CC[C@@H]2[C@@H]3CC=C4C[C@@H](O)CC[C@]4(C)[C@@H]3CC[C@@]21C. The molecule has 1 heterocycles. The first-order valence-electron chi connectivity index (χ1n) is 11.5. The average Bonchev–Trinajstić information content (AvgIpc) is 3.22. The predicted molar refractivity (Wildman–Crippen MR) is 117 cm³/mol. The van der Waals surface area contributed by atoms with Crippen molar-refractivity contribution in [3.63, 3.8) is 0 Å². The summed E-state index contributed by atoms with van der Waals surface area (Å²) in [4.78, 5) is 4.45. The van der Waals surface area contributed by atoms with Gasteiger partial charge in [-0.3, -0.25) is 0 Å². The molecule has 0 amide bonds. The molecule has 0 aromatic carbocycles. The van der Waals surface area contributed by atoms with Crippen molar-refractivity contribution in [2.75, 3.05) is 5.75 Å². The lowest BCUT2D eigenvalue weighted by Gasteiger charge is -2.59. The number of nitrogens with zero attached hydrogens (tertiary/aromatic N) is 2. The van der Waals surface area contributed by atoms with Crippen LogP contribution in [-0.2, 0) is 7.05 Å². The molecule has 0 saturated heterocycles. The van der Waals surface area contributed by atoms with Gasteiger partial charge in [0.1, 0.15) is 0 Å². The maximum absolute atomic E-state index is 11.9. The van der Waals surface area contributed by atoms with Crippen molar-refractivity contribution < 1.29 is 10.2 Å². The molecule has 0 bridgehead atoms. The van der Waals surface area contributed by atoms with E-state index in [1.807, 2.05) is 24.0 Å². The second-order valence-electron chi connectivity index (χ2n) is 10.8. The molecule has 29 heavy (non-hydrogen) atoms. The minimum absolute atomic E-state index is 0.00220. The van der Waals surface area contributed by atoms with Gasteiger partial charge in [0, 0.05) is 30.6 Å². The number of thioether (sulfide) groups is 1. The van der Waals surface area contributed by atoms with Crippen molar-refractivity contribution in [3.8, 4) is 0 Å². The van der Waals surface area contributed by atoms with Gasteiger partial charge < -0.3 is 14.8 Å². The Morgan fingerprint density at radius 3 is 2.72 bits per heavy atom. The van der Waals surface area contributed by atoms with E-state index in [1.54, 1.807) is 11.8 Å². The zero-order valence-electron chi connectivity index (χ0n) is 18.1. The second-order valence-corrected chi connectivity index (χ2v) is 11.7. The van der Waals surface area contributed by atoms with Crippen molar-refractivity contribution in [1.82, 2.24) is 9.55 Å². The summed E-state index contributed by atoms with van der Waals surface area (Å²) >= 11 is 1.71. The molecular formula is C24H36N2O2S. The van der Waals surface area contributed by atoms with Crippen molar-refractivity contribution in [3.05, 3.63) is 24.0 Å². The zero-order chi connectivity index (χ0) is 20.4. The highest BCUT2D eigenvalue weighted by atomic mass is 32.2. The average molecular weight is 417 g/mol. The first-order chi connectivity index (χ1) is 13.8. The minimum atomic E-state index is -0.604. The van der Waals surface area contributed by atoms with Crippen LogP contribution in [0, 0.1) is 28.6 Å². The first kappa shape index (κ1) is 20.1. The van der Waals surface area contributed by atoms with Gasteiger partial charge in [-0.1, -0.05) is 37.3 Å². The monoisotopic (exact) mass is 416 g/mol. The zero-order valence-corrected chi connectivity index (χ0v) is 18.9. The maximum atomic E-state index is 11.9. The molecule has 1 aromatic rings. The number of rotatable bonds is 3. The third kappa shape index (κ3) is 2.90. The number of allylic oxidation sites excluding steroid dienone is 1. The molecule has 4 aliphatic carbocycles. The smallest absolute Gasteiger partial charge is 0.167 e. The topological polar surface area (TPSA) is 58.3 Å². The number of aliphatic hydroxyl groups is 2. The fourth-order valence-corrected chi connectivity index (χ4v) is 8.91. The molecule has 5 heteroatoms. The van der Waals surface area contributed by atoms with Gasteiger partial charge in [-0.2, -0.15) is 0 Å². The third-order valence-electron chi connectivity index (χ3n) is 9.62. The number of aromatic nitrogens is 2. The van der Waals surface area contributed by atoms with Crippen molar-refractivity contribution in [2.24, 2.45) is 35.6 Å². The molecule has 7 atom stereocenters. The summed E-state index contributed by atoms with van der Waals surface area (Å²) in [5, 5.41) is 23.0. The highest BCUT2D eigenvalue weighted by Crippen LogP contribution is 2.67. The molecule has 3 fully saturated rings. The summed E-state index contributed by atoms with van der Waals surface area (Å²) in [5.74, 6) is 2.75. The second kappa shape index (κ2) is 6.86. The number of imidazole rings is 1. The quantitative estimate of drug-likeness (QED) is 0.560. The lowest BCUT2D eigenvalue weighted by Crippen LogP contribution is -2.55. The number of hydrogen-bond acceptors (Lipinski definition) is 4. The van der Waals surface area contributed by atoms with Gasteiger partial charge in [-0.05, 0) is 74.5 Å². The largest absolute Gasteiger partial charge is 0.393 e. The van der Waals surface area contributed by atoms with Crippen LogP contribution in [0.4, 0.5) is 0 Å². The van der Waals surface area contributed by atoms with Crippen LogP contribution < -0.4 is 0 Å². The van der Waals surface area contributed by atoms with Crippen LogP contribution in [0.2, 0.25) is 0 Å². The molecule has 0 spiro atoms. The normalized spacial score (nSPS) is 46.6. The Morgan fingerprint density at radius 2 is 1.97 bits per heavy atom. The van der Waals surface area contributed by atoms with Crippen molar-refractivity contribution in [2.45, 2.75) is 82.1 Å². The fraction of sp³-hybridized carbons (Fsp3) is 0.792. The molecule has 0 aliphatic heterocycles. The van der Waals surface area contributed by atoms with Crippen LogP contribution >= 0.6 is 11.8 Å². The van der Waals surface area contributed by atoms with Gasteiger partial charge in [0.05, 0.1) is 11.7 Å². The summed E-state index contributed by atoms with van der Waals surface area (Å²) in [6, 6.07) is 0. The Labute approximate surface area is 179 Å². The molecule has 2 N–H and O–H groups in total. The summed E-state index contributed by atoms with van der Waals surface area (Å²) in [6.45, 7) is 4.86. The van der Waals surface area contributed by atoms with Gasteiger partial charge in [0.2, 0.25) is 0 Å². The number of aliphatic hydroxyl groups excluding tert-OH is 1. The van der Waals surface area contributed by atoms with E-state index >= 15 is 0 Å². The Kier molecular flexibility index (Phi) is 4.77. The van der Waals surface area contributed by atoms with Crippen LogP contribution in [0.15, 0.2) is 29.2 Å². The fourth-order valence-electron chi connectivity index (χ4n) is 7.66.